The summed E-state index contributed by atoms with van der Waals surface area (Å²) >= 11 is 0. The van der Waals surface area contributed by atoms with Crippen LogP contribution in [0.2, 0.25) is 0 Å². The van der Waals surface area contributed by atoms with Crippen LogP contribution in [0.15, 0.2) is 30.3 Å². The number of nitrogens with one attached hydrogen (secondary N) is 2. The summed E-state index contributed by atoms with van der Waals surface area (Å²) < 4.78 is 0. The van der Waals surface area contributed by atoms with Gasteiger partial charge in [0.2, 0.25) is 11.8 Å². The Kier molecular flexibility index (Phi) is 5.59. The number of benzene rings is 1. The Morgan fingerprint density at radius 1 is 1.25 bits per heavy atom. The van der Waals surface area contributed by atoms with E-state index in [-0.39, 0.29) is 17.9 Å². The van der Waals surface area contributed by atoms with Gasteiger partial charge in [0, 0.05) is 13.0 Å². The van der Waals surface area contributed by atoms with E-state index in [9.17, 15) is 9.59 Å². The van der Waals surface area contributed by atoms with Crippen molar-refractivity contribution in [2.24, 2.45) is 0 Å². The highest BCUT2D eigenvalue weighted by atomic mass is 16.2. The molecule has 0 unspecified atom stereocenters. The van der Waals surface area contributed by atoms with Crippen LogP contribution >= 0.6 is 0 Å². The molecule has 1 saturated heterocycles. The quantitative estimate of drug-likeness (QED) is 0.860. The van der Waals surface area contributed by atoms with Gasteiger partial charge in [-0.05, 0) is 37.7 Å². The maximum absolute atomic E-state index is 11.9. The van der Waals surface area contributed by atoms with Gasteiger partial charge in [-0.1, -0.05) is 30.3 Å². The molecule has 1 aliphatic heterocycles. The van der Waals surface area contributed by atoms with Gasteiger partial charge in [-0.15, -0.1) is 0 Å². The van der Waals surface area contributed by atoms with Crippen molar-refractivity contribution in [3.8, 4) is 0 Å². The first-order valence-corrected chi connectivity index (χ1v) is 7.37. The Bertz CT molecular complexity index is 445. The lowest BCUT2D eigenvalue weighted by molar-refractivity contribution is -0.128. The van der Waals surface area contributed by atoms with Crippen LogP contribution in [0.4, 0.5) is 0 Å². The van der Waals surface area contributed by atoms with Crippen LogP contribution in [-0.4, -0.2) is 24.4 Å². The molecule has 1 fully saturated rings. The van der Waals surface area contributed by atoms with Gasteiger partial charge in [0.15, 0.2) is 0 Å². The summed E-state index contributed by atoms with van der Waals surface area (Å²) in [6.07, 6.45) is 4.89. The summed E-state index contributed by atoms with van der Waals surface area (Å²) in [4.78, 5) is 23.6. The van der Waals surface area contributed by atoms with Crippen LogP contribution in [0.3, 0.4) is 0 Å². The second-order valence-electron chi connectivity index (χ2n) is 5.25. The Morgan fingerprint density at radius 3 is 2.85 bits per heavy atom. The van der Waals surface area contributed by atoms with E-state index >= 15 is 0 Å². The van der Waals surface area contributed by atoms with Gasteiger partial charge >= 0.3 is 0 Å². The normalized spacial score (nSPS) is 19.0. The van der Waals surface area contributed by atoms with Crippen molar-refractivity contribution >= 4 is 11.8 Å². The van der Waals surface area contributed by atoms with E-state index < -0.39 is 0 Å². The van der Waals surface area contributed by atoms with Crippen LogP contribution < -0.4 is 10.6 Å². The van der Waals surface area contributed by atoms with Crippen molar-refractivity contribution in [1.29, 1.82) is 0 Å². The standard InChI is InChI=1S/C16H22N2O2/c19-15(11-6-9-13-7-2-1-3-8-13)18-14-10-4-5-12-17-16(14)20/h1-3,7-8,14H,4-6,9-12H2,(H,17,20)(H,18,19)/t14-/m0/s1. The number of amides is 2. The number of rotatable bonds is 5. The molecule has 0 bridgehead atoms. The van der Waals surface area contributed by atoms with Crippen LogP contribution in [0, 0.1) is 0 Å². The van der Waals surface area contributed by atoms with Gasteiger partial charge in [-0.2, -0.15) is 0 Å². The largest absolute Gasteiger partial charge is 0.354 e. The molecule has 1 aromatic carbocycles. The third kappa shape index (κ3) is 4.68. The third-order valence-electron chi connectivity index (χ3n) is 3.58. The van der Waals surface area contributed by atoms with E-state index in [1.165, 1.54) is 5.56 Å². The molecule has 1 aliphatic rings. The summed E-state index contributed by atoms with van der Waals surface area (Å²) in [7, 11) is 0. The molecule has 2 N–H and O–H groups in total. The fourth-order valence-electron chi connectivity index (χ4n) is 2.44. The zero-order valence-corrected chi connectivity index (χ0v) is 11.7. The zero-order chi connectivity index (χ0) is 14.2. The van der Waals surface area contributed by atoms with E-state index in [0.717, 1.165) is 38.6 Å². The molecule has 0 radical (unpaired) electrons. The van der Waals surface area contributed by atoms with E-state index in [0.29, 0.717) is 6.42 Å². The van der Waals surface area contributed by atoms with Crippen LogP contribution in [0.5, 0.6) is 0 Å². The number of hydrogen-bond acceptors (Lipinski definition) is 2. The molecule has 1 atom stereocenters. The fourth-order valence-corrected chi connectivity index (χ4v) is 2.44. The highest BCUT2D eigenvalue weighted by Crippen LogP contribution is 2.07. The van der Waals surface area contributed by atoms with Crippen molar-refractivity contribution < 1.29 is 9.59 Å². The lowest BCUT2D eigenvalue weighted by Gasteiger charge is -2.15. The molecule has 0 aromatic heterocycles. The number of carbonyl (C=O) groups excluding carboxylic acids is 2. The van der Waals surface area contributed by atoms with Crippen molar-refractivity contribution in [2.45, 2.75) is 44.6 Å². The predicted octanol–water partition coefficient (Wildman–Crippen LogP) is 1.79. The van der Waals surface area contributed by atoms with Crippen LogP contribution in [-0.2, 0) is 16.0 Å². The highest BCUT2D eigenvalue weighted by Gasteiger charge is 2.21. The molecule has 0 saturated carbocycles. The molecule has 20 heavy (non-hydrogen) atoms. The van der Waals surface area contributed by atoms with Gasteiger partial charge < -0.3 is 10.6 Å². The zero-order valence-electron chi connectivity index (χ0n) is 11.7. The van der Waals surface area contributed by atoms with Crippen molar-refractivity contribution in [1.82, 2.24) is 10.6 Å². The molecule has 1 heterocycles. The average molecular weight is 274 g/mol. The molecule has 108 valence electrons. The SMILES string of the molecule is O=C(CCCc1ccccc1)N[C@H]1CCCCNC1=O. The van der Waals surface area contributed by atoms with Crippen LogP contribution in [0.1, 0.15) is 37.7 Å². The van der Waals surface area contributed by atoms with E-state index in [1.54, 1.807) is 0 Å². The summed E-state index contributed by atoms with van der Waals surface area (Å²) in [6, 6.07) is 9.78. The van der Waals surface area contributed by atoms with E-state index in [1.807, 2.05) is 18.2 Å². The average Bonchev–Trinajstić information content (AvgIpc) is 2.65. The third-order valence-corrected chi connectivity index (χ3v) is 3.58. The minimum Gasteiger partial charge on any atom is -0.354 e. The molecule has 4 heteroatoms. The summed E-state index contributed by atoms with van der Waals surface area (Å²) in [5.41, 5.74) is 1.24. The predicted molar refractivity (Wildman–Crippen MR) is 78.2 cm³/mol. The van der Waals surface area contributed by atoms with Crippen molar-refractivity contribution in [2.75, 3.05) is 6.54 Å². The molecular weight excluding hydrogens is 252 g/mol. The minimum atomic E-state index is -0.346. The van der Waals surface area contributed by atoms with Gasteiger partial charge in [-0.3, -0.25) is 9.59 Å². The van der Waals surface area contributed by atoms with Gasteiger partial charge in [0.1, 0.15) is 6.04 Å². The number of aryl methyl sites for hydroxylation is 1. The first-order chi connectivity index (χ1) is 9.75. The monoisotopic (exact) mass is 274 g/mol. The summed E-state index contributed by atoms with van der Waals surface area (Å²) in [6.45, 7) is 0.721. The van der Waals surface area contributed by atoms with Gasteiger partial charge in [0.25, 0.3) is 0 Å². The molecule has 0 spiro atoms. The molecule has 2 rings (SSSR count). The van der Waals surface area contributed by atoms with E-state index in [4.69, 9.17) is 0 Å². The summed E-state index contributed by atoms with van der Waals surface area (Å²) in [5, 5.41) is 5.67. The van der Waals surface area contributed by atoms with Gasteiger partial charge in [0.05, 0.1) is 0 Å². The number of hydrogen-bond donors (Lipinski definition) is 2. The molecule has 1 aromatic rings. The Balaban J connectivity index is 1.70. The Labute approximate surface area is 119 Å². The summed E-state index contributed by atoms with van der Waals surface area (Å²) in [5.74, 6) is -0.0677. The maximum Gasteiger partial charge on any atom is 0.242 e. The molecule has 0 aliphatic carbocycles. The first-order valence-electron chi connectivity index (χ1n) is 7.37. The fraction of sp³-hybridized carbons (Fsp3) is 0.500. The second kappa shape index (κ2) is 7.68. The van der Waals surface area contributed by atoms with Crippen molar-refractivity contribution in [3.05, 3.63) is 35.9 Å². The Hall–Kier alpha value is -1.84. The topological polar surface area (TPSA) is 58.2 Å². The molecule has 4 nitrogen and oxygen atoms in total. The molecular formula is C16H22N2O2. The lowest BCUT2D eigenvalue weighted by Crippen LogP contribution is -2.45. The first kappa shape index (κ1) is 14.6. The number of carbonyl (C=O) groups is 2. The highest BCUT2D eigenvalue weighted by molar-refractivity contribution is 5.87. The van der Waals surface area contributed by atoms with Gasteiger partial charge in [-0.25, -0.2) is 0 Å². The van der Waals surface area contributed by atoms with Crippen molar-refractivity contribution in [3.63, 3.8) is 0 Å². The maximum atomic E-state index is 11.9. The second-order valence-corrected chi connectivity index (χ2v) is 5.25. The van der Waals surface area contributed by atoms with Crippen LogP contribution in [0.25, 0.3) is 0 Å². The smallest absolute Gasteiger partial charge is 0.242 e. The Morgan fingerprint density at radius 2 is 2.05 bits per heavy atom. The molecule has 2 amide bonds. The lowest BCUT2D eigenvalue weighted by atomic mass is 10.1. The minimum absolute atomic E-state index is 0.0250. The van der Waals surface area contributed by atoms with E-state index in [2.05, 4.69) is 22.8 Å².